The first-order valence-corrected chi connectivity index (χ1v) is 8.12. The molecule has 6 heteroatoms. The van der Waals surface area contributed by atoms with Crippen LogP contribution in [0.2, 0.25) is 0 Å². The number of halogens is 1. The van der Waals surface area contributed by atoms with E-state index in [1.807, 2.05) is 0 Å². The third-order valence-electron chi connectivity index (χ3n) is 2.69. The molecule has 0 unspecified atom stereocenters. The highest BCUT2D eigenvalue weighted by Crippen LogP contribution is 2.23. The van der Waals surface area contributed by atoms with E-state index in [9.17, 15) is 13.5 Å². The van der Waals surface area contributed by atoms with Crippen LogP contribution in [0.15, 0.2) is 62.8 Å². The summed E-state index contributed by atoms with van der Waals surface area (Å²) in [5, 5.41) is 18.5. The summed E-state index contributed by atoms with van der Waals surface area (Å²) in [6.07, 6.45) is 1.23. The Bertz CT molecular complexity index is 834. The quantitative estimate of drug-likeness (QED) is 0.846. The largest absolute Gasteiger partial charge is 0.508 e. The van der Waals surface area contributed by atoms with Crippen molar-refractivity contribution in [3.63, 3.8) is 0 Å². The lowest BCUT2D eigenvalue weighted by atomic mass is 10.2. The Labute approximate surface area is 131 Å². The summed E-state index contributed by atoms with van der Waals surface area (Å²) >= 11 is 3.23. The number of sulfone groups is 1. The molecule has 0 aliphatic carbocycles. The molecule has 0 spiro atoms. The van der Waals surface area contributed by atoms with E-state index >= 15 is 0 Å². The van der Waals surface area contributed by atoms with E-state index in [2.05, 4.69) is 15.9 Å². The summed E-state index contributed by atoms with van der Waals surface area (Å²) < 4.78 is 25.5. The zero-order chi connectivity index (χ0) is 15.5. The van der Waals surface area contributed by atoms with Crippen LogP contribution in [-0.2, 0) is 9.84 Å². The normalized spacial score (nSPS) is 11.9. The summed E-state index contributed by atoms with van der Waals surface area (Å²) in [7, 11) is -3.88. The molecule has 0 fully saturated rings. The number of phenolic OH excluding ortho intramolecular Hbond substituents is 1. The van der Waals surface area contributed by atoms with Crippen molar-refractivity contribution >= 4 is 31.8 Å². The van der Waals surface area contributed by atoms with Gasteiger partial charge in [-0.15, -0.1) is 0 Å². The van der Waals surface area contributed by atoms with Crippen LogP contribution in [-0.4, -0.2) is 13.5 Å². The number of hydrogen-bond acceptors (Lipinski definition) is 4. The van der Waals surface area contributed by atoms with Gasteiger partial charge < -0.3 is 5.11 Å². The van der Waals surface area contributed by atoms with E-state index in [4.69, 9.17) is 5.26 Å². The van der Waals surface area contributed by atoms with Crippen LogP contribution in [0, 0.1) is 11.3 Å². The summed E-state index contributed by atoms with van der Waals surface area (Å²) in [6.45, 7) is 0. The first-order chi connectivity index (χ1) is 9.93. The van der Waals surface area contributed by atoms with E-state index in [1.165, 1.54) is 30.3 Å². The smallest absolute Gasteiger partial charge is 0.216 e. The van der Waals surface area contributed by atoms with Crippen LogP contribution in [0.3, 0.4) is 0 Å². The van der Waals surface area contributed by atoms with Crippen molar-refractivity contribution in [1.82, 2.24) is 0 Å². The van der Waals surface area contributed by atoms with E-state index in [1.54, 1.807) is 30.3 Å². The van der Waals surface area contributed by atoms with Gasteiger partial charge in [0.15, 0.2) is 0 Å². The minimum Gasteiger partial charge on any atom is -0.508 e. The van der Waals surface area contributed by atoms with Gasteiger partial charge in [0.2, 0.25) is 9.84 Å². The Hall–Kier alpha value is -2.10. The highest BCUT2D eigenvalue weighted by atomic mass is 79.9. The van der Waals surface area contributed by atoms with Gasteiger partial charge in [0.25, 0.3) is 0 Å². The van der Waals surface area contributed by atoms with Gasteiger partial charge in [-0.2, -0.15) is 5.26 Å². The number of aromatic hydroxyl groups is 1. The number of phenols is 1. The predicted molar refractivity (Wildman–Crippen MR) is 83.0 cm³/mol. The van der Waals surface area contributed by atoms with E-state index < -0.39 is 9.84 Å². The molecule has 2 aromatic rings. The second kappa shape index (κ2) is 6.12. The molecule has 2 rings (SSSR count). The SMILES string of the molecule is N#C/C(=C\c1cccc(O)c1)S(=O)(=O)c1ccc(Br)cc1. The molecule has 0 saturated heterocycles. The van der Waals surface area contributed by atoms with E-state index in [0.717, 1.165) is 4.47 Å². The Morgan fingerprint density at radius 3 is 2.43 bits per heavy atom. The molecular formula is C15H10BrNO3S. The molecule has 0 amide bonds. The average molecular weight is 364 g/mol. The number of rotatable bonds is 3. The summed E-state index contributed by atoms with van der Waals surface area (Å²) in [4.78, 5) is -0.339. The van der Waals surface area contributed by atoms with Gasteiger partial charge in [0.1, 0.15) is 16.7 Å². The third-order valence-corrected chi connectivity index (χ3v) is 4.90. The van der Waals surface area contributed by atoms with Crippen molar-refractivity contribution in [3.05, 3.63) is 63.5 Å². The molecule has 2 aromatic carbocycles. The predicted octanol–water partition coefficient (Wildman–Crippen LogP) is 3.49. The van der Waals surface area contributed by atoms with Crippen molar-refractivity contribution in [3.8, 4) is 11.8 Å². The summed E-state index contributed by atoms with van der Waals surface area (Å²) in [5.41, 5.74) is 0.437. The lowest BCUT2D eigenvalue weighted by Crippen LogP contribution is -2.03. The van der Waals surface area contributed by atoms with Gasteiger partial charge in [-0.3, -0.25) is 0 Å². The van der Waals surface area contributed by atoms with Crippen molar-refractivity contribution in [2.24, 2.45) is 0 Å². The Kier molecular flexibility index (Phi) is 4.46. The van der Waals surface area contributed by atoms with Gasteiger partial charge in [0, 0.05) is 4.47 Å². The van der Waals surface area contributed by atoms with E-state index in [-0.39, 0.29) is 15.6 Å². The molecule has 1 N–H and O–H groups in total. The molecule has 0 atom stereocenters. The fraction of sp³-hybridized carbons (Fsp3) is 0. The molecule has 0 bridgehead atoms. The van der Waals surface area contributed by atoms with Crippen molar-refractivity contribution in [1.29, 1.82) is 5.26 Å². The monoisotopic (exact) mass is 363 g/mol. The van der Waals surface area contributed by atoms with Gasteiger partial charge >= 0.3 is 0 Å². The fourth-order valence-electron chi connectivity index (χ4n) is 1.68. The lowest BCUT2D eigenvalue weighted by Gasteiger charge is -2.03. The van der Waals surface area contributed by atoms with Crippen LogP contribution in [0.4, 0.5) is 0 Å². The maximum absolute atomic E-state index is 12.4. The van der Waals surface area contributed by atoms with Crippen LogP contribution < -0.4 is 0 Å². The highest BCUT2D eigenvalue weighted by molar-refractivity contribution is 9.10. The summed E-state index contributed by atoms with van der Waals surface area (Å²) in [6, 6.07) is 13.8. The molecule has 4 nitrogen and oxygen atoms in total. The molecular weight excluding hydrogens is 354 g/mol. The van der Waals surface area contributed by atoms with Gasteiger partial charge in [-0.1, -0.05) is 28.1 Å². The van der Waals surface area contributed by atoms with E-state index in [0.29, 0.717) is 5.56 Å². The molecule has 0 aliphatic rings. The molecule has 0 heterocycles. The number of benzene rings is 2. The lowest BCUT2D eigenvalue weighted by molar-refractivity contribution is 0.475. The van der Waals surface area contributed by atoms with Crippen LogP contribution in [0.25, 0.3) is 6.08 Å². The maximum Gasteiger partial charge on any atom is 0.216 e. The van der Waals surface area contributed by atoms with Crippen molar-refractivity contribution in [2.45, 2.75) is 4.90 Å². The second-order valence-corrected chi connectivity index (χ2v) is 7.01. The number of nitriles is 1. The van der Waals surface area contributed by atoms with Crippen molar-refractivity contribution in [2.75, 3.05) is 0 Å². The minimum atomic E-state index is -3.88. The fourth-order valence-corrected chi connectivity index (χ4v) is 3.10. The van der Waals surface area contributed by atoms with Crippen LogP contribution in [0.5, 0.6) is 5.75 Å². The van der Waals surface area contributed by atoms with Gasteiger partial charge in [-0.25, -0.2) is 8.42 Å². The number of nitrogens with zero attached hydrogens (tertiary/aromatic N) is 1. The maximum atomic E-state index is 12.4. The van der Waals surface area contributed by atoms with Gasteiger partial charge in [-0.05, 0) is 48.0 Å². The zero-order valence-electron chi connectivity index (χ0n) is 10.7. The van der Waals surface area contributed by atoms with Gasteiger partial charge in [0.05, 0.1) is 4.90 Å². The standard InChI is InChI=1S/C15H10BrNO3S/c16-12-4-6-14(7-5-12)21(19,20)15(10-17)9-11-2-1-3-13(18)8-11/h1-9,18H/b15-9+. The Balaban J connectivity index is 2.50. The molecule has 0 aliphatic heterocycles. The van der Waals surface area contributed by atoms with Crippen molar-refractivity contribution < 1.29 is 13.5 Å². The third kappa shape index (κ3) is 3.51. The molecule has 21 heavy (non-hydrogen) atoms. The number of allylic oxidation sites excluding steroid dienone is 1. The molecule has 0 saturated carbocycles. The Morgan fingerprint density at radius 1 is 1.19 bits per heavy atom. The molecule has 0 radical (unpaired) electrons. The number of hydrogen-bond donors (Lipinski definition) is 1. The molecule has 106 valence electrons. The minimum absolute atomic E-state index is 0.00193. The first kappa shape index (κ1) is 15.3. The average Bonchev–Trinajstić information content (AvgIpc) is 2.45. The zero-order valence-corrected chi connectivity index (χ0v) is 13.1. The highest BCUT2D eigenvalue weighted by Gasteiger charge is 2.20. The van der Waals surface area contributed by atoms with Crippen LogP contribution in [0.1, 0.15) is 5.56 Å². The summed E-state index contributed by atoms with van der Waals surface area (Å²) in [5.74, 6) is 0.00193. The first-order valence-electron chi connectivity index (χ1n) is 5.85. The molecule has 0 aromatic heterocycles. The Morgan fingerprint density at radius 2 is 1.86 bits per heavy atom. The van der Waals surface area contributed by atoms with Crippen LogP contribution >= 0.6 is 15.9 Å². The topological polar surface area (TPSA) is 78.2 Å². The second-order valence-electron chi connectivity index (χ2n) is 4.17.